The fourth-order valence-corrected chi connectivity index (χ4v) is 1.63. The summed E-state index contributed by atoms with van der Waals surface area (Å²) in [5.74, 6) is 5.05. The third kappa shape index (κ3) is 3.24. The second-order valence-corrected chi connectivity index (χ2v) is 3.88. The predicted molar refractivity (Wildman–Crippen MR) is 60.7 cm³/mol. The molecule has 0 radical (unpaired) electrons. The van der Waals surface area contributed by atoms with Gasteiger partial charge < -0.3 is 4.74 Å². The molecule has 1 unspecified atom stereocenters. The van der Waals surface area contributed by atoms with Gasteiger partial charge in [0.1, 0.15) is 5.82 Å². The molecule has 15 heavy (non-hydrogen) atoms. The zero-order valence-corrected chi connectivity index (χ0v) is 10.1. The van der Waals surface area contributed by atoms with Crippen LogP contribution in [0.25, 0.3) is 0 Å². The monoisotopic (exact) mass is 276 g/mol. The van der Waals surface area contributed by atoms with Crippen molar-refractivity contribution in [2.75, 3.05) is 13.2 Å². The van der Waals surface area contributed by atoms with Gasteiger partial charge in [-0.1, -0.05) is 12.1 Å². The van der Waals surface area contributed by atoms with E-state index in [2.05, 4.69) is 21.4 Å². The summed E-state index contributed by atoms with van der Waals surface area (Å²) < 4.78 is 19.3. The summed E-state index contributed by atoms with van der Waals surface area (Å²) >= 11 is 3.13. The molecule has 5 heteroatoms. The van der Waals surface area contributed by atoms with Gasteiger partial charge in [0.15, 0.2) is 0 Å². The molecule has 0 bridgehead atoms. The van der Waals surface area contributed by atoms with Crippen molar-refractivity contribution in [2.24, 2.45) is 5.84 Å². The molecule has 1 atom stereocenters. The van der Waals surface area contributed by atoms with Crippen LogP contribution in [0.4, 0.5) is 4.39 Å². The highest BCUT2D eigenvalue weighted by Crippen LogP contribution is 2.23. The maximum Gasteiger partial charge on any atom is 0.142 e. The number of nitrogens with two attached hydrogens (primary N) is 1. The van der Waals surface area contributed by atoms with E-state index < -0.39 is 0 Å². The molecule has 0 fully saturated rings. The van der Waals surface area contributed by atoms with Crippen LogP contribution in [-0.4, -0.2) is 13.2 Å². The van der Waals surface area contributed by atoms with Gasteiger partial charge >= 0.3 is 0 Å². The van der Waals surface area contributed by atoms with Crippen molar-refractivity contribution in [1.29, 1.82) is 0 Å². The second kappa shape index (κ2) is 6.17. The maximum absolute atomic E-state index is 13.7. The van der Waals surface area contributed by atoms with Gasteiger partial charge in [-0.05, 0) is 28.9 Å². The van der Waals surface area contributed by atoms with Gasteiger partial charge in [-0.3, -0.25) is 11.3 Å². The Hall–Kier alpha value is -0.490. The largest absolute Gasteiger partial charge is 0.380 e. The molecular formula is C10H14BrFN2O. The van der Waals surface area contributed by atoms with E-state index >= 15 is 0 Å². The molecule has 1 aromatic carbocycles. The van der Waals surface area contributed by atoms with Crippen molar-refractivity contribution in [3.05, 3.63) is 34.1 Å². The van der Waals surface area contributed by atoms with E-state index in [1.165, 1.54) is 0 Å². The quantitative estimate of drug-likeness (QED) is 0.640. The van der Waals surface area contributed by atoms with Gasteiger partial charge in [-0.25, -0.2) is 4.39 Å². The molecule has 3 nitrogen and oxygen atoms in total. The van der Waals surface area contributed by atoms with E-state index in [0.29, 0.717) is 23.2 Å². The highest BCUT2D eigenvalue weighted by atomic mass is 79.9. The van der Waals surface area contributed by atoms with Gasteiger partial charge in [-0.2, -0.15) is 0 Å². The summed E-state index contributed by atoms with van der Waals surface area (Å²) in [4.78, 5) is 0. The SMILES string of the molecule is CCOCC(NN)c1cccc(Br)c1F. The van der Waals surface area contributed by atoms with Crippen molar-refractivity contribution >= 4 is 15.9 Å². The van der Waals surface area contributed by atoms with Gasteiger partial charge in [0, 0.05) is 12.2 Å². The summed E-state index contributed by atoms with van der Waals surface area (Å²) in [5.41, 5.74) is 3.04. The number of nitrogens with one attached hydrogen (secondary N) is 1. The molecule has 84 valence electrons. The van der Waals surface area contributed by atoms with Crippen LogP contribution in [0.15, 0.2) is 22.7 Å². The van der Waals surface area contributed by atoms with Crippen molar-refractivity contribution in [3.63, 3.8) is 0 Å². The average Bonchev–Trinajstić information content (AvgIpc) is 2.25. The zero-order chi connectivity index (χ0) is 11.3. The van der Waals surface area contributed by atoms with Crippen LogP contribution < -0.4 is 11.3 Å². The number of hydrogen-bond acceptors (Lipinski definition) is 3. The summed E-state index contributed by atoms with van der Waals surface area (Å²) in [6.07, 6.45) is 0. The lowest BCUT2D eigenvalue weighted by atomic mass is 10.1. The summed E-state index contributed by atoms with van der Waals surface area (Å²) in [6, 6.07) is 4.76. The molecule has 1 aromatic rings. The van der Waals surface area contributed by atoms with E-state index in [9.17, 15) is 4.39 Å². The highest BCUT2D eigenvalue weighted by molar-refractivity contribution is 9.10. The van der Waals surface area contributed by atoms with Gasteiger partial charge in [0.05, 0.1) is 17.1 Å². The van der Waals surface area contributed by atoms with Crippen LogP contribution in [0, 0.1) is 5.82 Å². The van der Waals surface area contributed by atoms with Crippen LogP contribution >= 0.6 is 15.9 Å². The van der Waals surface area contributed by atoms with Crippen LogP contribution in [0.3, 0.4) is 0 Å². The molecule has 0 aromatic heterocycles. The molecule has 0 aliphatic carbocycles. The molecule has 0 heterocycles. The minimum Gasteiger partial charge on any atom is -0.380 e. The van der Waals surface area contributed by atoms with Gasteiger partial charge in [-0.15, -0.1) is 0 Å². The minimum atomic E-state index is -0.331. The third-order valence-corrected chi connectivity index (χ3v) is 2.66. The molecule has 0 aliphatic rings. The van der Waals surface area contributed by atoms with Crippen LogP contribution in [-0.2, 0) is 4.74 Å². The third-order valence-electron chi connectivity index (χ3n) is 2.05. The predicted octanol–water partition coefficient (Wildman–Crippen LogP) is 2.13. The fraction of sp³-hybridized carbons (Fsp3) is 0.400. The first kappa shape index (κ1) is 12.6. The molecular weight excluding hydrogens is 263 g/mol. The lowest BCUT2D eigenvalue weighted by Gasteiger charge is -2.17. The van der Waals surface area contributed by atoms with E-state index in [-0.39, 0.29) is 11.9 Å². The smallest absolute Gasteiger partial charge is 0.142 e. The van der Waals surface area contributed by atoms with E-state index in [0.717, 1.165) is 0 Å². The Morgan fingerprint density at radius 1 is 1.60 bits per heavy atom. The Labute approximate surface area is 96.9 Å². The minimum absolute atomic E-state index is 0.305. The Morgan fingerprint density at radius 2 is 2.33 bits per heavy atom. The second-order valence-electron chi connectivity index (χ2n) is 3.02. The molecule has 0 spiro atoms. The van der Waals surface area contributed by atoms with Crippen LogP contribution in [0.1, 0.15) is 18.5 Å². The van der Waals surface area contributed by atoms with E-state index in [1.807, 2.05) is 6.92 Å². The number of rotatable bonds is 5. The van der Waals surface area contributed by atoms with Crippen molar-refractivity contribution < 1.29 is 9.13 Å². The Bertz CT molecular complexity index is 322. The number of hydrogen-bond donors (Lipinski definition) is 2. The normalized spacial score (nSPS) is 12.8. The average molecular weight is 277 g/mol. The number of benzene rings is 1. The van der Waals surface area contributed by atoms with Gasteiger partial charge in [0.25, 0.3) is 0 Å². The van der Waals surface area contributed by atoms with Crippen LogP contribution in [0.5, 0.6) is 0 Å². The molecule has 3 N–H and O–H groups in total. The zero-order valence-electron chi connectivity index (χ0n) is 8.47. The highest BCUT2D eigenvalue weighted by Gasteiger charge is 2.15. The standard InChI is InChI=1S/C10H14BrFN2O/c1-2-15-6-9(14-13)7-4-3-5-8(11)10(7)12/h3-5,9,14H,2,6,13H2,1H3. The Morgan fingerprint density at radius 3 is 2.93 bits per heavy atom. The van der Waals surface area contributed by atoms with Crippen molar-refractivity contribution in [1.82, 2.24) is 5.43 Å². The number of ether oxygens (including phenoxy) is 1. The summed E-state index contributed by atoms with van der Waals surface area (Å²) in [6.45, 7) is 2.80. The number of hydrazine groups is 1. The lowest BCUT2D eigenvalue weighted by molar-refractivity contribution is 0.122. The topological polar surface area (TPSA) is 47.3 Å². The summed E-state index contributed by atoms with van der Waals surface area (Å²) in [7, 11) is 0. The first-order chi connectivity index (χ1) is 7.20. The molecule has 1 rings (SSSR count). The first-order valence-electron chi connectivity index (χ1n) is 4.68. The van der Waals surface area contributed by atoms with Gasteiger partial charge in [0.2, 0.25) is 0 Å². The molecule has 0 aliphatic heterocycles. The maximum atomic E-state index is 13.7. The van der Waals surface area contributed by atoms with Crippen LogP contribution in [0.2, 0.25) is 0 Å². The molecule has 0 saturated carbocycles. The first-order valence-corrected chi connectivity index (χ1v) is 5.47. The lowest BCUT2D eigenvalue weighted by Crippen LogP contribution is -2.32. The Kier molecular flexibility index (Phi) is 5.17. The molecule has 0 saturated heterocycles. The van der Waals surface area contributed by atoms with E-state index in [1.54, 1.807) is 18.2 Å². The number of halogens is 2. The Balaban J connectivity index is 2.86. The summed E-state index contributed by atoms with van der Waals surface area (Å²) in [5, 5.41) is 0. The van der Waals surface area contributed by atoms with Crippen molar-refractivity contribution in [2.45, 2.75) is 13.0 Å². The fourth-order valence-electron chi connectivity index (χ4n) is 1.25. The van der Waals surface area contributed by atoms with Crippen molar-refractivity contribution in [3.8, 4) is 0 Å². The molecule has 0 amide bonds. The van der Waals surface area contributed by atoms with E-state index in [4.69, 9.17) is 10.6 Å².